The van der Waals surface area contributed by atoms with Crippen molar-refractivity contribution in [3.05, 3.63) is 53.8 Å². The Bertz CT molecular complexity index is 923. The van der Waals surface area contributed by atoms with E-state index in [1.165, 1.54) is 0 Å². The lowest BCUT2D eigenvalue weighted by atomic mass is 10.0. The smallest absolute Gasteiger partial charge is 0.254 e. The number of pyridine rings is 1. The van der Waals surface area contributed by atoms with Gasteiger partial charge in [-0.1, -0.05) is 11.2 Å². The minimum absolute atomic E-state index is 0.0817. The molecule has 0 bridgehead atoms. The highest BCUT2D eigenvalue weighted by molar-refractivity contribution is 5.98. The van der Waals surface area contributed by atoms with Crippen molar-refractivity contribution in [2.45, 2.75) is 26.0 Å². The fraction of sp³-hybridized carbons (Fsp3) is 0.333. The molecule has 1 aliphatic heterocycles. The van der Waals surface area contributed by atoms with Crippen molar-refractivity contribution >= 4 is 16.8 Å². The van der Waals surface area contributed by atoms with Gasteiger partial charge < -0.3 is 14.2 Å². The van der Waals surface area contributed by atoms with Gasteiger partial charge >= 0.3 is 0 Å². The molecule has 25 heavy (non-hydrogen) atoms. The van der Waals surface area contributed by atoms with E-state index in [0.29, 0.717) is 30.4 Å². The van der Waals surface area contributed by atoms with Crippen molar-refractivity contribution in [2.24, 2.45) is 0 Å². The van der Waals surface area contributed by atoms with Crippen molar-refractivity contribution in [1.82, 2.24) is 20.0 Å². The van der Waals surface area contributed by atoms with Gasteiger partial charge in [0.2, 0.25) is 0 Å². The van der Waals surface area contributed by atoms with Crippen LogP contribution in [0, 0.1) is 6.92 Å². The van der Waals surface area contributed by atoms with Crippen LogP contribution in [0.15, 0.2) is 41.1 Å². The van der Waals surface area contributed by atoms with E-state index in [0.717, 1.165) is 10.9 Å². The molecule has 2 aromatic heterocycles. The first kappa shape index (κ1) is 15.7. The molecule has 0 saturated carbocycles. The number of benzene rings is 1. The summed E-state index contributed by atoms with van der Waals surface area (Å²) in [7, 11) is 0. The molecular weight excluding hydrogens is 320 g/mol. The maximum atomic E-state index is 13.1. The van der Waals surface area contributed by atoms with Crippen LogP contribution in [-0.4, -0.2) is 45.2 Å². The van der Waals surface area contributed by atoms with Crippen molar-refractivity contribution in [3.8, 4) is 0 Å². The summed E-state index contributed by atoms with van der Waals surface area (Å²) < 4.78 is 11.0. The summed E-state index contributed by atoms with van der Waals surface area (Å²) in [4.78, 5) is 23.5. The molecule has 0 spiro atoms. The molecule has 1 amide bonds. The predicted molar refractivity (Wildman–Crippen MR) is 90.0 cm³/mol. The van der Waals surface area contributed by atoms with E-state index in [4.69, 9.17) is 9.26 Å². The molecule has 1 aromatic carbocycles. The van der Waals surface area contributed by atoms with Crippen molar-refractivity contribution in [3.63, 3.8) is 0 Å². The first-order chi connectivity index (χ1) is 12.1. The molecule has 0 radical (unpaired) electrons. The summed E-state index contributed by atoms with van der Waals surface area (Å²) in [5.41, 5.74) is 1.47. The molecule has 3 heterocycles. The zero-order valence-electron chi connectivity index (χ0n) is 14.0. The van der Waals surface area contributed by atoms with Gasteiger partial charge in [-0.05, 0) is 38.1 Å². The SMILES string of the molecule is Cc1noc([C@@H]2[C@@H](C)OCCN2C(=O)c2ccc3ncccc3c2)n1. The number of aryl methyl sites for hydroxylation is 1. The Labute approximate surface area is 144 Å². The number of carbonyl (C=O) groups is 1. The second-order valence-electron chi connectivity index (χ2n) is 6.11. The topological polar surface area (TPSA) is 81.4 Å². The molecule has 128 valence electrons. The van der Waals surface area contributed by atoms with Gasteiger partial charge in [0.15, 0.2) is 5.82 Å². The summed E-state index contributed by atoms with van der Waals surface area (Å²) in [5, 5.41) is 4.78. The molecule has 1 aliphatic rings. The summed E-state index contributed by atoms with van der Waals surface area (Å²) in [5.74, 6) is 0.860. The van der Waals surface area contributed by atoms with E-state index in [2.05, 4.69) is 15.1 Å². The van der Waals surface area contributed by atoms with Gasteiger partial charge in [0.1, 0.15) is 6.04 Å². The highest BCUT2D eigenvalue weighted by Crippen LogP contribution is 2.30. The van der Waals surface area contributed by atoms with Crippen LogP contribution in [-0.2, 0) is 4.74 Å². The highest BCUT2D eigenvalue weighted by atomic mass is 16.5. The number of aromatic nitrogens is 3. The molecule has 0 unspecified atom stereocenters. The Morgan fingerprint density at radius 2 is 2.20 bits per heavy atom. The monoisotopic (exact) mass is 338 g/mol. The van der Waals surface area contributed by atoms with Crippen LogP contribution < -0.4 is 0 Å². The van der Waals surface area contributed by atoms with Crippen LogP contribution in [0.1, 0.15) is 35.0 Å². The van der Waals surface area contributed by atoms with E-state index in [1.807, 2.05) is 31.2 Å². The summed E-state index contributed by atoms with van der Waals surface area (Å²) >= 11 is 0. The molecule has 1 fully saturated rings. The van der Waals surface area contributed by atoms with Crippen molar-refractivity contribution in [2.75, 3.05) is 13.2 Å². The summed E-state index contributed by atoms with van der Waals surface area (Å²) in [6, 6.07) is 8.93. The molecule has 1 saturated heterocycles. The van der Waals surface area contributed by atoms with Gasteiger partial charge in [-0.3, -0.25) is 9.78 Å². The van der Waals surface area contributed by atoms with Crippen LogP contribution in [0.25, 0.3) is 10.9 Å². The number of nitrogens with zero attached hydrogens (tertiary/aromatic N) is 4. The number of ether oxygens (including phenoxy) is 1. The molecule has 4 rings (SSSR count). The van der Waals surface area contributed by atoms with E-state index in [-0.39, 0.29) is 12.0 Å². The zero-order valence-corrected chi connectivity index (χ0v) is 14.0. The number of rotatable bonds is 2. The molecule has 2 atom stereocenters. The molecule has 7 nitrogen and oxygen atoms in total. The van der Waals surface area contributed by atoms with Crippen LogP contribution in [0.5, 0.6) is 0 Å². The van der Waals surface area contributed by atoms with E-state index < -0.39 is 6.04 Å². The predicted octanol–water partition coefficient (Wildman–Crippen LogP) is 2.53. The summed E-state index contributed by atoms with van der Waals surface area (Å²) in [6.45, 7) is 4.61. The average Bonchev–Trinajstić information content (AvgIpc) is 3.06. The fourth-order valence-electron chi connectivity index (χ4n) is 3.19. The quantitative estimate of drug-likeness (QED) is 0.714. The average molecular weight is 338 g/mol. The molecular formula is C18H18N4O3. The second kappa shape index (κ2) is 6.25. The molecule has 7 heteroatoms. The zero-order chi connectivity index (χ0) is 17.4. The van der Waals surface area contributed by atoms with Gasteiger partial charge in [-0.15, -0.1) is 0 Å². The standard InChI is InChI=1S/C18H18N4O3/c1-11-16(17-20-12(2)21-25-17)22(8-9-24-11)18(23)14-5-6-15-13(10-14)4-3-7-19-15/h3-7,10-11,16H,8-9H2,1-2H3/t11-,16+/m1/s1. The fourth-order valence-corrected chi connectivity index (χ4v) is 3.19. The summed E-state index contributed by atoms with van der Waals surface area (Å²) in [6.07, 6.45) is 1.51. The number of amides is 1. The second-order valence-corrected chi connectivity index (χ2v) is 6.11. The maximum Gasteiger partial charge on any atom is 0.254 e. The Hall–Kier alpha value is -2.80. The minimum atomic E-state index is -0.396. The van der Waals surface area contributed by atoms with E-state index in [9.17, 15) is 4.79 Å². The normalized spacial score (nSPS) is 20.8. The molecule has 0 N–H and O–H groups in total. The number of hydrogen-bond donors (Lipinski definition) is 0. The van der Waals surface area contributed by atoms with Crippen LogP contribution in [0.3, 0.4) is 0 Å². The highest BCUT2D eigenvalue weighted by Gasteiger charge is 2.38. The number of morpholine rings is 1. The first-order valence-corrected chi connectivity index (χ1v) is 8.21. The van der Waals surface area contributed by atoms with Crippen LogP contribution >= 0.6 is 0 Å². The van der Waals surface area contributed by atoms with E-state index in [1.54, 1.807) is 24.1 Å². The Kier molecular flexibility index (Phi) is 3.93. The van der Waals surface area contributed by atoms with Crippen molar-refractivity contribution in [1.29, 1.82) is 0 Å². The van der Waals surface area contributed by atoms with Gasteiger partial charge in [0.25, 0.3) is 11.8 Å². The Morgan fingerprint density at radius 1 is 1.32 bits per heavy atom. The van der Waals surface area contributed by atoms with Crippen LogP contribution in [0.4, 0.5) is 0 Å². The van der Waals surface area contributed by atoms with Crippen LogP contribution in [0.2, 0.25) is 0 Å². The van der Waals surface area contributed by atoms with Gasteiger partial charge in [-0.25, -0.2) is 0 Å². The lowest BCUT2D eigenvalue weighted by Gasteiger charge is -2.37. The lowest BCUT2D eigenvalue weighted by Crippen LogP contribution is -2.47. The third-order valence-corrected chi connectivity index (χ3v) is 4.40. The Balaban J connectivity index is 1.70. The number of fused-ring (bicyclic) bond motifs is 1. The van der Waals surface area contributed by atoms with Crippen molar-refractivity contribution < 1.29 is 14.1 Å². The molecule has 3 aromatic rings. The van der Waals surface area contributed by atoms with E-state index >= 15 is 0 Å². The Morgan fingerprint density at radius 3 is 3.00 bits per heavy atom. The lowest BCUT2D eigenvalue weighted by molar-refractivity contribution is -0.0600. The number of hydrogen-bond acceptors (Lipinski definition) is 6. The van der Waals surface area contributed by atoms with Gasteiger partial charge in [-0.2, -0.15) is 4.98 Å². The number of carbonyl (C=O) groups excluding carboxylic acids is 1. The minimum Gasteiger partial charge on any atom is -0.374 e. The largest absolute Gasteiger partial charge is 0.374 e. The third-order valence-electron chi connectivity index (χ3n) is 4.40. The third kappa shape index (κ3) is 2.87. The van der Waals surface area contributed by atoms with Gasteiger partial charge in [0.05, 0.1) is 18.2 Å². The molecule has 0 aliphatic carbocycles. The van der Waals surface area contributed by atoms with Gasteiger partial charge in [0, 0.05) is 23.7 Å². The maximum absolute atomic E-state index is 13.1. The first-order valence-electron chi connectivity index (χ1n) is 8.21.